The Bertz CT molecular complexity index is 1000. The number of aromatic nitrogens is 2. The fourth-order valence-corrected chi connectivity index (χ4v) is 4.31. The lowest BCUT2D eigenvalue weighted by atomic mass is 10.1. The molecule has 0 fully saturated rings. The van der Waals surface area contributed by atoms with Gasteiger partial charge in [-0.1, -0.05) is 55.9 Å². The summed E-state index contributed by atoms with van der Waals surface area (Å²) >= 11 is 1.24. The molecule has 5 nitrogen and oxygen atoms in total. The van der Waals surface area contributed by atoms with Crippen LogP contribution in [0.5, 0.6) is 0 Å². The molecule has 0 aliphatic carbocycles. The van der Waals surface area contributed by atoms with Gasteiger partial charge in [-0.15, -0.1) is 0 Å². The van der Waals surface area contributed by atoms with Crippen molar-refractivity contribution < 1.29 is 18.3 Å². The molecule has 0 spiro atoms. The number of benzene rings is 2. The van der Waals surface area contributed by atoms with Crippen molar-refractivity contribution in [3.05, 3.63) is 77.2 Å². The number of carbonyl (C=O) groups excluding carboxylic acids is 1. The molecule has 0 saturated carbocycles. The largest absolute Gasteiger partial charge is 0.442 e. The molecular weight excluding hydrogens is 408 g/mol. The van der Waals surface area contributed by atoms with Crippen LogP contribution in [0, 0.1) is 11.6 Å². The van der Waals surface area contributed by atoms with Crippen molar-refractivity contribution in [2.45, 2.75) is 49.3 Å². The minimum absolute atomic E-state index is 0.0520. The monoisotopic (exact) mass is 431 g/mol. The van der Waals surface area contributed by atoms with E-state index in [1.165, 1.54) is 23.9 Å². The van der Waals surface area contributed by atoms with Crippen molar-refractivity contribution in [3.8, 4) is 0 Å². The number of amides is 1. The topological polar surface area (TPSA) is 70.1 Å². The van der Waals surface area contributed by atoms with Crippen molar-refractivity contribution in [2.24, 2.45) is 5.73 Å². The Kier molecular flexibility index (Phi) is 7.10. The maximum Gasteiger partial charge on any atom is 0.404 e. The molecule has 3 rings (SSSR count). The number of nitrogens with zero attached hydrogens (tertiary/aromatic N) is 2. The minimum Gasteiger partial charge on any atom is -0.442 e. The van der Waals surface area contributed by atoms with Gasteiger partial charge in [-0.3, -0.25) is 0 Å². The van der Waals surface area contributed by atoms with Crippen molar-refractivity contribution in [2.75, 3.05) is 0 Å². The summed E-state index contributed by atoms with van der Waals surface area (Å²) < 4.78 is 34.4. The highest BCUT2D eigenvalue weighted by Gasteiger charge is 2.21. The van der Waals surface area contributed by atoms with E-state index in [1.807, 2.05) is 48.7 Å². The van der Waals surface area contributed by atoms with Gasteiger partial charge < -0.3 is 15.0 Å². The molecule has 158 valence electrons. The minimum atomic E-state index is -0.889. The number of carbonyl (C=O) groups is 1. The molecule has 0 aliphatic rings. The van der Waals surface area contributed by atoms with Gasteiger partial charge in [-0.25, -0.2) is 18.6 Å². The third kappa shape index (κ3) is 5.60. The van der Waals surface area contributed by atoms with E-state index in [9.17, 15) is 13.6 Å². The first kappa shape index (κ1) is 21.8. The molecule has 0 bridgehead atoms. The molecule has 8 heteroatoms. The van der Waals surface area contributed by atoms with E-state index in [4.69, 9.17) is 10.5 Å². The van der Waals surface area contributed by atoms with E-state index in [0.717, 1.165) is 22.3 Å². The van der Waals surface area contributed by atoms with Crippen molar-refractivity contribution in [1.29, 1.82) is 0 Å². The van der Waals surface area contributed by atoms with E-state index in [-0.39, 0.29) is 12.5 Å². The van der Waals surface area contributed by atoms with Gasteiger partial charge in [0.2, 0.25) is 0 Å². The zero-order valence-electron chi connectivity index (χ0n) is 16.8. The van der Waals surface area contributed by atoms with E-state index < -0.39 is 17.7 Å². The van der Waals surface area contributed by atoms with Crippen LogP contribution >= 0.6 is 11.8 Å². The Morgan fingerprint density at radius 1 is 1.17 bits per heavy atom. The number of nitrogens with two attached hydrogens (primary N) is 1. The maximum absolute atomic E-state index is 13.7. The van der Waals surface area contributed by atoms with Crippen LogP contribution in [0.2, 0.25) is 0 Å². The molecular formula is C22H23F2N3O2S. The number of primary amides is 1. The highest BCUT2D eigenvalue weighted by atomic mass is 32.2. The van der Waals surface area contributed by atoms with Gasteiger partial charge in [0.05, 0.1) is 5.69 Å². The SMILES string of the molecule is CC(C)c1nc(COC(N)=O)n(CCc2ccccc2)c1Sc1cc(F)cc(F)c1. The van der Waals surface area contributed by atoms with Crippen LogP contribution in [-0.2, 0) is 24.3 Å². The van der Waals surface area contributed by atoms with Crippen molar-refractivity contribution >= 4 is 17.9 Å². The van der Waals surface area contributed by atoms with Crippen LogP contribution in [0.1, 0.15) is 36.8 Å². The van der Waals surface area contributed by atoms with Crippen LogP contribution in [0.3, 0.4) is 0 Å². The second-order valence-corrected chi connectivity index (χ2v) is 8.14. The van der Waals surface area contributed by atoms with E-state index >= 15 is 0 Å². The molecule has 3 aromatic rings. The van der Waals surface area contributed by atoms with Gasteiger partial charge in [0.1, 0.15) is 22.5 Å². The second-order valence-electron chi connectivity index (χ2n) is 7.08. The highest BCUT2D eigenvalue weighted by Crippen LogP contribution is 2.36. The number of hydrogen-bond acceptors (Lipinski definition) is 4. The Morgan fingerprint density at radius 3 is 2.43 bits per heavy atom. The molecule has 0 saturated heterocycles. The fourth-order valence-electron chi connectivity index (χ4n) is 3.05. The number of halogens is 2. The maximum atomic E-state index is 13.7. The first-order chi connectivity index (χ1) is 14.3. The highest BCUT2D eigenvalue weighted by molar-refractivity contribution is 7.99. The number of rotatable bonds is 8. The summed E-state index contributed by atoms with van der Waals surface area (Å²) in [5, 5.41) is 0.758. The van der Waals surface area contributed by atoms with Gasteiger partial charge in [0, 0.05) is 17.5 Å². The molecule has 0 radical (unpaired) electrons. The Hall–Kier alpha value is -2.87. The van der Waals surface area contributed by atoms with Crippen LogP contribution in [0.25, 0.3) is 0 Å². The van der Waals surface area contributed by atoms with E-state index in [0.29, 0.717) is 23.7 Å². The van der Waals surface area contributed by atoms with Crippen LogP contribution < -0.4 is 5.73 Å². The lowest BCUT2D eigenvalue weighted by Crippen LogP contribution is -2.16. The first-order valence-corrected chi connectivity index (χ1v) is 10.3. The van der Waals surface area contributed by atoms with Crippen molar-refractivity contribution in [3.63, 3.8) is 0 Å². The lowest BCUT2D eigenvalue weighted by Gasteiger charge is -2.14. The first-order valence-electron chi connectivity index (χ1n) is 9.53. The third-order valence-corrected chi connectivity index (χ3v) is 5.53. The molecule has 0 unspecified atom stereocenters. The zero-order valence-corrected chi connectivity index (χ0v) is 17.6. The van der Waals surface area contributed by atoms with Gasteiger partial charge in [0.15, 0.2) is 6.61 Å². The van der Waals surface area contributed by atoms with Gasteiger partial charge in [-0.2, -0.15) is 0 Å². The Morgan fingerprint density at radius 2 is 1.83 bits per heavy atom. The molecule has 0 aliphatic heterocycles. The summed E-state index contributed by atoms with van der Waals surface area (Å²) in [6.45, 7) is 4.45. The molecule has 2 aromatic carbocycles. The summed E-state index contributed by atoms with van der Waals surface area (Å²) in [5.74, 6) is -0.698. The predicted octanol–water partition coefficient (Wildman–Crippen LogP) is 5.27. The second kappa shape index (κ2) is 9.75. The summed E-state index contributed by atoms with van der Waals surface area (Å²) in [4.78, 5) is 16.2. The summed E-state index contributed by atoms with van der Waals surface area (Å²) in [6, 6.07) is 13.3. The Balaban J connectivity index is 2.00. The van der Waals surface area contributed by atoms with Gasteiger partial charge in [0.25, 0.3) is 0 Å². The van der Waals surface area contributed by atoms with E-state index in [1.54, 1.807) is 0 Å². The normalized spacial score (nSPS) is 11.1. The average molecular weight is 432 g/mol. The number of ether oxygens (including phenoxy) is 1. The van der Waals surface area contributed by atoms with Crippen LogP contribution in [0.15, 0.2) is 58.5 Å². The molecule has 1 heterocycles. The smallest absolute Gasteiger partial charge is 0.404 e. The standard InChI is InChI=1S/C22H23F2N3O2S/c1-14(2)20-21(30-18-11-16(23)10-17(24)12-18)27(19(26-20)13-29-22(25)28)9-8-15-6-4-3-5-7-15/h3-7,10-12,14H,8-9,13H2,1-2H3,(H2,25,28). The quantitative estimate of drug-likeness (QED) is 0.527. The van der Waals surface area contributed by atoms with Crippen LogP contribution in [0.4, 0.5) is 13.6 Å². The summed E-state index contributed by atoms with van der Waals surface area (Å²) in [6.07, 6.45) is -0.177. The number of hydrogen-bond donors (Lipinski definition) is 1. The summed E-state index contributed by atoms with van der Waals surface area (Å²) in [5.41, 5.74) is 7.03. The Labute approximate surface area is 178 Å². The molecule has 0 atom stereocenters. The lowest BCUT2D eigenvalue weighted by molar-refractivity contribution is 0.145. The predicted molar refractivity (Wildman–Crippen MR) is 111 cm³/mol. The molecule has 1 aromatic heterocycles. The molecule has 1 amide bonds. The number of aryl methyl sites for hydroxylation is 1. The van der Waals surface area contributed by atoms with Gasteiger partial charge >= 0.3 is 6.09 Å². The average Bonchev–Trinajstić information content (AvgIpc) is 3.02. The molecule has 2 N–H and O–H groups in total. The third-order valence-electron chi connectivity index (χ3n) is 4.43. The molecule has 30 heavy (non-hydrogen) atoms. The van der Waals surface area contributed by atoms with Crippen molar-refractivity contribution in [1.82, 2.24) is 9.55 Å². The number of imidazole rings is 1. The van der Waals surface area contributed by atoms with Gasteiger partial charge in [-0.05, 0) is 30.0 Å². The fraction of sp³-hybridized carbons (Fsp3) is 0.273. The van der Waals surface area contributed by atoms with Crippen LogP contribution in [-0.4, -0.2) is 15.6 Å². The zero-order chi connectivity index (χ0) is 21.7. The summed E-state index contributed by atoms with van der Waals surface area (Å²) in [7, 11) is 0. The van der Waals surface area contributed by atoms with E-state index in [2.05, 4.69) is 4.98 Å².